The van der Waals surface area contributed by atoms with Gasteiger partial charge in [0.05, 0.1) is 39.9 Å². The number of nitrogens with one attached hydrogen (secondary N) is 1. The molecule has 0 aliphatic heterocycles. The standard InChI is InChI=1S/C57H115N2O6P/c1-6-8-10-12-14-16-18-20-22-24-25-26-27-28-29-30-31-32-33-34-35-37-39-41-43-45-47-49-51-57(61)58-55(54-65-66(62,63)64-53-52-59(3,4)5)56(60)50-48-46-44-42-40-38-36-23-21-19-17-15-13-11-9-7-2/h28-29,55-56,60H,6-27,30-54H2,1-5H3,(H-,58,61,62,63)/b29-28-. The molecule has 2 N–H and O–H groups in total. The Bertz CT molecular complexity index is 1080. The van der Waals surface area contributed by atoms with Crippen LogP contribution in [0.15, 0.2) is 12.2 Å². The molecular formula is C57H115N2O6P. The van der Waals surface area contributed by atoms with Crippen molar-refractivity contribution in [2.75, 3.05) is 40.9 Å². The van der Waals surface area contributed by atoms with E-state index < -0.39 is 20.0 Å². The molecule has 394 valence electrons. The number of carbonyl (C=O) groups excluding carboxylic acids is 1. The van der Waals surface area contributed by atoms with Crippen molar-refractivity contribution < 1.29 is 32.9 Å². The summed E-state index contributed by atoms with van der Waals surface area (Å²) in [4.78, 5) is 25.5. The predicted molar refractivity (Wildman–Crippen MR) is 284 cm³/mol. The molecule has 1 amide bonds. The van der Waals surface area contributed by atoms with Crippen molar-refractivity contribution in [3.63, 3.8) is 0 Å². The number of aliphatic hydroxyl groups is 1. The van der Waals surface area contributed by atoms with E-state index in [1.54, 1.807) is 0 Å². The smallest absolute Gasteiger partial charge is 0.268 e. The van der Waals surface area contributed by atoms with E-state index in [0.29, 0.717) is 23.9 Å². The predicted octanol–water partition coefficient (Wildman–Crippen LogP) is 16.8. The van der Waals surface area contributed by atoms with Crippen molar-refractivity contribution >= 4 is 13.7 Å². The number of carbonyl (C=O) groups is 1. The third-order valence-electron chi connectivity index (χ3n) is 13.5. The third-order valence-corrected chi connectivity index (χ3v) is 14.5. The van der Waals surface area contributed by atoms with Gasteiger partial charge < -0.3 is 28.8 Å². The first-order valence-electron chi connectivity index (χ1n) is 29.0. The highest BCUT2D eigenvalue weighted by Crippen LogP contribution is 2.38. The summed E-state index contributed by atoms with van der Waals surface area (Å²) >= 11 is 0. The number of phosphoric ester groups is 1. The summed E-state index contributed by atoms with van der Waals surface area (Å²) in [6, 6.07) is -0.797. The van der Waals surface area contributed by atoms with Crippen molar-refractivity contribution in [2.24, 2.45) is 0 Å². The highest BCUT2D eigenvalue weighted by Gasteiger charge is 2.24. The molecule has 3 atom stereocenters. The quantitative estimate of drug-likeness (QED) is 0.0272. The number of likely N-dealkylation sites (N-methyl/N-ethyl adjacent to an activating group) is 1. The molecule has 0 saturated heterocycles. The van der Waals surface area contributed by atoms with E-state index in [4.69, 9.17) is 9.05 Å². The van der Waals surface area contributed by atoms with E-state index in [9.17, 15) is 19.4 Å². The van der Waals surface area contributed by atoms with Crippen molar-refractivity contribution in [1.29, 1.82) is 0 Å². The molecule has 0 spiro atoms. The van der Waals surface area contributed by atoms with E-state index in [1.807, 2.05) is 21.1 Å². The lowest BCUT2D eigenvalue weighted by atomic mass is 10.0. The van der Waals surface area contributed by atoms with Gasteiger partial charge in [-0.1, -0.05) is 264 Å². The number of aliphatic hydroxyl groups excluding tert-OH is 1. The van der Waals surface area contributed by atoms with Crippen molar-refractivity contribution in [3.8, 4) is 0 Å². The third kappa shape index (κ3) is 51.1. The molecule has 66 heavy (non-hydrogen) atoms. The molecule has 0 aromatic heterocycles. The Kier molecular flexibility index (Phi) is 48.7. The van der Waals surface area contributed by atoms with Crippen LogP contribution in [0.4, 0.5) is 0 Å². The lowest BCUT2D eigenvalue weighted by Gasteiger charge is -2.30. The number of nitrogens with zero attached hydrogens (tertiary/aromatic N) is 1. The normalized spacial score (nSPS) is 14.0. The van der Waals surface area contributed by atoms with Crippen LogP contribution in [0.2, 0.25) is 0 Å². The zero-order valence-electron chi connectivity index (χ0n) is 44.9. The largest absolute Gasteiger partial charge is 0.756 e. The molecular weight excluding hydrogens is 840 g/mol. The molecule has 3 unspecified atom stereocenters. The molecule has 0 heterocycles. The first kappa shape index (κ1) is 65.2. The summed E-state index contributed by atoms with van der Waals surface area (Å²) in [5.41, 5.74) is 0. The Morgan fingerprint density at radius 1 is 0.515 bits per heavy atom. The van der Waals surface area contributed by atoms with Gasteiger partial charge in [-0.05, 0) is 38.5 Å². The van der Waals surface area contributed by atoms with Crippen molar-refractivity contribution in [3.05, 3.63) is 12.2 Å². The Morgan fingerprint density at radius 2 is 0.833 bits per heavy atom. The Balaban J connectivity index is 4.08. The van der Waals surface area contributed by atoms with Crippen molar-refractivity contribution in [2.45, 2.75) is 309 Å². The van der Waals surface area contributed by atoms with Gasteiger partial charge in [0, 0.05) is 6.42 Å². The second kappa shape index (κ2) is 49.2. The Morgan fingerprint density at radius 3 is 1.18 bits per heavy atom. The van der Waals surface area contributed by atoms with E-state index in [-0.39, 0.29) is 19.1 Å². The van der Waals surface area contributed by atoms with Gasteiger partial charge in [-0.25, -0.2) is 0 Å². The maximum Gasteiger partial charge on any atom is 0.268 e. The molecule has 0 aromatic rings. The fraction of sp³-hybridized carbons (Fsp3) is 0.947. The number of rotatable bonds is 54. The maximum atomic E-state index is 13.0. The molecule has 0 bridgehead atoms. The maximum absolute atomic E-state index is 13.0. The lowest BCUT2D eigenvalue weighted by Crippen LogP contribution is -2.46. The number of phosphoric acid groups is 1. The van der Waals surface area contributed by atoms with Gasteiger partial charge in [0.1, 0.15) is 13.2 Å². The minimum absolute atomic E-state index is 0.0148. The van der Waals surface area contributed by atoms with Crippen LogP contribution in [-0.2, 0) is 18.4 Å². The second-order valence-electron chi connectivity index (χ2n) is 21.4. The number of amides is 1. The molecule has 0 aliphatic rings. The number of quaternary nitrogens is 1. The van der Waals surface area contributed by atoms with Gasteiger partial charge >= 0.3 is 0 Å². The summed E-state index contributed by atoms with van der Waals surface area (Å²) in [6.07, 6.45) is 59.6. The number of unbranched alkanes of at least 4 members (excludes halogenated alkanes) is 39. The second-order valence-corrected chi connectivity index (χ2v) is 22.8. The number of allylic oxidation sites excluding steroid dienone is 2. The average Bonchev–Trinajstić information content (AvgIpc) is 3.28. The van der Waals surface area contributed by atoms with E-state index in [0.717, 1.165) is 38.5 Å². The molecule has 0 rings (SSSR count). The van der Waals surface area contributed by atoms with E-state index in [2.05, 4.69) is 31.3 Å². The molecule has 0 fully saturated rings. The lowest BCUT2D eigenvalue weighted by molar-refractivity contribution is -0.870. The van der Waals surface area contributed by atoms with Crippen LogP contribution in [0.1, 0.15) is 296 Å². The average molecular weight is 956 g/mol. The van der Waals surface area contributed by atoms with Crippen LogP contribution in [0.25, 0.3) is 0 Å². The molecule has 0 radical (unpaired) electrons. The van der Waals surface area contributed by atoms with Gasteiger partial charge in [-0.15, -0.1) is 0 Å². The number of hydrogen-bond acceptors (Lipinski definition) is 6. The van der Waals surface area contributed by atoms with Crippen LogP contribution in [0.3, 0.4) is 0 Å². The summed E-state index contributed by atoms with van der Waals surface area (Å²) in [7, 11) is 1.32. The topological polar surface area (TPSA) is 108 Å². The fourth-order valence-electron chi connectivity index (χ4n) is 8.92. The minimum Gasteiger partial charge on any atom is -0.756 e. The molecule has 8 nitrogen and oxygen atoms in total. The van der Waals surface area contributed by atoms with Crippen molar-refractivity contribution in [1.82, 2.24) is 5.32 Å². The van der Waals surface area contributed by atoms with Crippen LogP contribution in [0.5, 0.6) is 0 Å². The minimum atomic E-state index is -4.57. The summed E-state index contributed by atoms with van der Waals surface area (Å²) in [5.74, 6) is -0.160. The SMILES string of the molecule is CCCCCCCCCCCCCC/C=C\CCCCCCCCCCCCCCC(=O)NC(COP(=O)([O-])OCC[N+](C)(C)C)C(O)CCCCCCCCCCCCCCCCCC. The highest BCUT2D eigenvalue weighted by molar-refractivity contribution is 7.45. The van der Waals surface area contributed by atoms with E-state index in [1.165, 1.54) is 231 Å². The first-order chi connectivity index (χ1) is 32.0. The monoisotopic (exact) mass is 955 g/mol. The Hall–Kier alpha value is -0.760. The van der Waals surface area contributed by atoms with Gasteiger partial charge in [-0.3, -0.25) is 9.36 Å². The summed E-state index contributed by atoms with van der Waals surface area (Å²) in [6.45, 7) is 4.76. The van der Waals surface area contributed by atoms with Gasteiger partial charge in [0.25, 0.3) is 7.82 Å². The van der Waals surface area contributed by atoms with Gasteiger partial charge in [0.15, 0.2) is 0 Å². The van der Waals surface area contributed by atoms with Crippen LogP contribution in [0, 0.1) is 0 Å². The van der Waals surface area contributed by atoms with Crippen LogP contribution >= 0.6 is 7.82 Å². The first-order valence-corrected chi connectivity index (χ1v) is 30.5. The Labute approximate surface area is 412 Å². The van der Waals surface area contributed by atoms with Gasteiger partial charge in [-0.2, -0.15) is 0 Å². The molecule has 0 aliphatic carbocycles. The summed E-state index contributed by atoms with van der Waals surface area (Å²) < 4.78 is 23.4. The van der Waals surface area contributed by atoms with Crippen LogP contribution < -0.4 is 10.2 Å². The highest BCUT2D eigenvalue weighted by atomic mass is 31.2. The number of hydrogen-bond donors (Lipinski definition) is 2. The zero-order valence-corrected chi connectivity index (χ0v) is 45.8. The molecule has 0 aromatic carbocycles. The van der Waals surface area contributed by atoms with Gasteiger partial charge in [0.2, 0.25) is 5.91 Å². The zero-order chi connectivity index (χ0) is 48.5. The molecule has 9 heteroatoms. The summed E-state index contributed by atoms with van der Waals surface area (Å²) in [5, 5.41) is 14.0. The van der Waals surface area contributed by atoms with E-state index >= 15 is 0 Å². The molecule has 0 saturated carbocycles. The van der Waals surface area contributed by atoms with Crippen LogP contribution in [-0.4, -0.2) is 68.5 Å². The fourth-order valence-corrected chi connectivity index (χ4v) is 9.64.